The molecule has 0 spiro atoms. The lowest BCUT2D eigenvalue weighted by Gasteiger charge is -2.16. The van der Waals surface area contributed by atoms with Crippen LogP contribution in [0, 0.1) is 0 Å². The maximum atomic E-state index is 5.47. The Balaban J connectivity index is 2.09. The van der Waals surface area contributed by atoms with Crippen molar-refractivity contribution >= 4 is 0 Å². The lowest BCUT2D eigenvalue weighted by molar-refractivity contribution is -0.330. The zero-order valence-corrected chi connectivity index (χ0v) is 6.13. The van der Waals surface area contributed by atoms with E-state index in [0.29, 0.717) is 0 Å². The van der Waals surface area contributed by atoms with Gasteiger partial charge in [0, 0.05) is 12.8 Å². The van der Waals surface area contributed by atoms with Gasteiger partial charge in [0.2, 0.25) is 5.79 Å². The Morgan fingerprint density at radius 3 is 3.20 bits per heavy atom. The first kappa shape index (κ1) is 6.58. The van der Waals surface area contributed by atoms with Crippen molar-refractivity contribution in [3.63, 3.8) is 0 Å². The molecule has 0 N–H and O–H groups in total. The molecule has 3 heteroatoms. The van der Waals surface area contributed by atoms with Crippen LogP contribution < -0.4 is 0 Å². The number of hydrogen-bond donors (Lipinski definition) is 0. The van der Waals surface area contributed by atoms with Gasteiger partial charge in [-0.1, -0.05) is 0 Å². The zero-order valence-electron chi connectivity index (χ0n) is 6.13. The Labute approximate surface area is 60.2 Å². The Hall–Kier alpha value is -0.120. The fourth-order valence-electron chi connectivity index (χ4n) is 1.44. The molecule has 2 fully saturated rings. The number of hydrogen-bond acceptors (Lipinski definition) is 3. The highest BCUT2D eigenvalue weighted by molar-refractivity contribution is 4.70. The third-order valence-electron chi connectivity index (χ3n) is 2.03. The summed E-state index contributed by atoms with van der Waals surface area (Å²) in [4.78, 5) is 9.96. The van der Waals surface area contributed by atoms with Gasteiger partial charge in [0.25, 0.3) is 0 Å². The van der Waals surface area contributed by atoms with Gasteiger partial charge in [-0.05, 0) is 19.8 Å². The fraction of sp³-hybridized carbons (Fsp3) is 1.00. The van der Waals surface area contributed by atoms with Gasteiger partial charge < -0.3 is 4.74 Å². The molecule has 0 aromatic carbocycles. The van der Waals surface area contributed by atoms with Gasteiger partial charge in [-0.3, -0.25) is 0 Å². The Kier molecular flexibility index (Phi) is 1.44. The molecule has 10 heavy (non-hydrogen) atoms. The highest BCUT2D eigenvalue weighted by Crippen LogP contribution is 2.34. The molecule has 0 aromatic heterocycles. The second-order valence-corrected chi connectivity index (χ2v) is 3.11. The monoisotopic (exact) mass is 144 g/mol. The van der Waals surface area contributed by atoms with Gasteiger partial charge in [0.15, 0.2) is 6.29 Å². The van der Waals surface area contributed by atoms with Gasteiger partial charge in [0.1, 0.15) is 0 Å². The third-order valence-corrected chi connectivity index (χ3v) is 2.03. The van der Waals surface area contributed by atoms with E-state index in [9.17, 15) is 0 Å². The van der Waals surface area contributed by atoms with Crippen molar-refractivity contribution < 1.29 is 14.5 Å². The summed E-state index contributed by atoms with van der Waals surface area (Å²) in [5.41, 5.74) is 0. The van der Waals surface area contributed by atoms with Crippen molar-refractivity contribution in [2.45, 2.75) is 44.7 Å². The average molecular weight is 144 g/mol. The van der Waals surface area contributed by atoms with Gasteiger partial charge in [-0.2, -0.15) is 4.89 Å². The van der Waals surface area contributed by atoms with E-state index in [2.05, 4.69) is 0 Å². The third kappa shape index (κ3) is 1.05. The number of rotatable bonds is 0. The first-order chi connectivity index (χ1) is 4.79. The van der Waals surface area contributed by atoms with Gasteiger partial charge in [0.05, 0.1) is 0 Å². The highest BCUT2D eigenvalue weighted by atomic mass is 17.3. The molecule has 2 heterocycles. The van der Waals surface area contributed by atoms with E-state index >= 15 is 0 Å². The van der Waals surface area contributed by atoms with Gasteiger partial charge in [-0.25, -0.2) is 4.89 Å². The van der Waals surface area contributed by atoms with Gasteiger partial charge >= 0.3 is 0 Å². The van der Waals surface area contributed by atoms with E-state index in [1.54, 1.807) is 0 Å². The molecular formula is C7H12O3. The van der Waals surface area contributed by atoms with Crippen molar-refractivity contribution in [2.75, 3.05) is 0 Å². The molecule has 0 aromatic rings. The Bertz CT molecular complexity index is 135. The normalized spacial score (nSPS) is 47.1. The van der Waals surface area contributed by atoms with Crippen LogP contribution in [0.25, 0.3) is 0 Å². The van der Waals surface area contributed by atoms with Crippen molar-refractivity contribution in [1.82, 2.24) is 0 Å². The van der Waals surface area contributed by atoms with Crippen LogP contribution in [-0.4, -0.2) is 12.1 Å². The molecule has 2 aliphatic rings. The molecular weight excluding hydrogens is 132 g/mol. The smallest absolute Gasteiger partial charge is 0.201 e. The predicted octanol–water partition coefficient (Wildman–Crippen LogP) is 1.58. The zero-order chi connectivity index (χ0) is 7.03. The van der Waals surface area contributed by atoms with Crippen LogP contribution in [0.5, 0.6) is 0 Å². The largest absolute Gasteiger partial charge is 0.315 e. The minimum absolute atomic E-state index is 0.104. The van der Waals surface area contributed by atoms with Crippen LogP contribution in [0.1, 0.15) is 32.6 Å². The maximum absolute atomic E-state index is 5.47. The standard InChI is InChI=1S/C7H12O3/c1-7-5-3-2-4-6(8-7)9-10-7/h6H,2-5H2,1H3. The van der Waals surface area contributed by atoms with E-state index < -0.39 is 5.79 Å². The highest BCUT2D eigenvalue weighted by Gasteiger charge is 2.40. The summed E-state index contributed by atoms with van der Waals surface area (Å²) in [5, 5.41) is 0. The maximum Gasteiger partial charge on any atom is 0.201 e. The predicted molar refractivity (Wildman–Crippen MR) is 33.9 cm³/mol. The molecule has 58 valence electrons. The second kappa shape index (κ2) is 2.19. The molecule has 0 saturated carbocycles. The van der Waals surface area contributed by atoms with Crippen molar-refractivity contribution in [3.05, 3.63) is 0 Å². The molecule has 2 bridgehead atoms. The van der Waals surface area contributed by atoms with Crippen LogP contribution in [0.15, 0.2) is 0 Å². The molecule has 0 aliphatic carbocycles. The fourth-order valence-corrected chi connectivity index (χ4v) is 1.44. The van der Waals surface area contributed by atoms with Crippen molar-refractivity contribution in [3.8, 4) is 0 Å². The quantitative estimate of drug-likeness (QED) is 0.483. The van der Waals surface area contributed by atoms with Crippen LogP contribution in [0.2, 0.25) is 0 Å². The molecule has 2 aliphatic heterocycles. The molecule has 3 nitrogen and oxygen atoms in total. The van der Waals surface area contributed by atoms with Crippen LogP contribution >= 0.6 is 0 Å². The van der Waals surface area contributed by atoms with E-state index in [1.807, 2.05) is 6.92 Å². The van der Waals surface area contributed by atoms with Crippen LogP contribution in [0.4, 0.5) is 0 Å². The van der Waals surface area contributed by atoms with Crippen LogP contribution in [0.3, 0.4) is 0 Å². The molecule has 0 amide bonds. The SMILES string of the molecule is CC12CCCCC(OO1)O2. The summed E-state index contributed by atoms with van der Waals surface area (Å²) in [6, 6.07) is 0. The summed E-state index contributed by atoms with van der Waals surface area (Å²) in [6.07, 6.45) is 4.17. The molecule has 2 atom stereocenters. The van der Waals surface area contributed by atoms with E-state index in [1.165, 1.54) is 12.8 Å². The Morgan fingerprint density at radius 1 is 1.40 bits per heavy atom. The first-order valence-electron chi connectivity index (χ1n) is 3.81. The van der Waals surface area contributed by atoms with Crippen molar-refractivity contribution in [2.24, 2.45) is 0 Å². The van der Waals surface area contributed by atoms with E-state index in [-0.39, 0.29) is 6.29 Å². The average Bonchev–Trinajstić information content (AvgIpc) is 2.11. The minimum atomic E-state index is -0.443. The lowest BCUT2D eigenvalue weighted by atomic mass is 10.1. The summed E-state index contributed by atoms with van der Waals surface area (Å²) < 4.78 is 5.47. The molecule has 2 rings (SSSR count). The lowest BCUT2D eigenvalue weighted by Crippen LogP contribution is -2.24. The minimum Gasteiger partial charge on any atom is -0.315 e. The first-order valence-corrected chi connectivity index (χ1v) is 3.81. The Morgan fingerprint density at radius 2 is 2.30 bits per heavy atom. The number of ether oxygens (including phenoxy) is 1. The van der Waals surface area contributed by atoms with Crippen molar-refractivity contribution in [1.29, 1.82) is 0 Å². The summed E-state index contributed by atoms with van der Waals surface area (Å²) >= 11 is 0. The van der Waals surface area contributed by atoms with E-state index in [0.717, 1.165) is 12.8 Å². The summed E-state index contributed by atoms with van der Waals surface area (Å²) in [7, 11) is 0. The van der Waals surface area contributed by atoms with Gasteiger partial charge in [-0.15, -0.1) is 0 Å². The van der Waals surface area contributed by atoms with E-state index in [4.69, 9.17) is 14.5 Å². The molecule has 2 unspecified atom stereocenters. The topological polar surface area (TPSA) is 27.7 Å². The second-order valence-electron chi connectivity index (χ2n) is 3.11. The van der Waals surface area contributed by atoms with Crippen LogP contribution in [-0.2, 0) is 14.5 Å². The molecule has 0 radical (unpaired) electrons. The summed E-state index contributed by atoms with van der Waals surface area (Å²) in [5.74, 6) is -0.443. The summed E-state index contributed by atoms with van der Waals surface area (Å²) in [6.45, 7) is 1.93. The molecule has 2 saturated heterocycles. The number of fused-ring (bicyclic) bond motifs is 2.